The normalized spacial score (nSPS) is 9.89. The number of carbonyl (C=O) groups is 1. The van der Waals surface area contributed by atoms with Gasteiger partial charge in [0.25, 0.3) is 0 Å². The molecule has 0 spiro atoms. The molecule has 94 valence electrons. The lowest BCUT2D eigenvalue weighted by Gasteiger charge is -2.03. The van der Waals surface area contributed by atoms with Crippen molar-refractivity contribution in [2.75, 3.05) is 13.7 Å². The van der Waals surface area contributed by atoms with Gasteiger partial charge in [-0.2, -0.15) is 0 Å². The van der Waals surface area contributed by atoms with E-state index in [0.717, 1.165) is 23.1 Å². The molecule has 18 heavy (non-hydrogen) atoms. The monoisotopic (exact) mass is 258 g/mol. The largest absolute Gasteiger partial charge is 0.497 e. The molecule has 2 rings (SSSR count). The van der Waals surface area contributed by atoms with Crippen LogP contribution in [0.15, 0.2) is 24.4 Å². The van der Waals surface area contributed by atoms with E-state index < -0.39 is 0 Å². The Bertz CT molecular complexity index is 537. The van der Waals surface area contributed by atoms with Crippen LogP contribution >= 0.6 is 0 Å². The summed E-state index contributed by atoms with van der Waals surface area (Å²) in [6.45, 7) is 2.18. The van der Waals surface area contributed by atoms with E-state index in [9.17, 15) is 4.79 Å². The Hall–Kier alpha value is -1.20. The number of fused-ring (bicyclic) bond motifs is 1. The van der Waals surface area contributed by atoms with E-state index in [0.29, 0.717) is 6.54 Å². The fourth-order valence-corrected chi connectivity index (χ4v) is 1.86. The molecule has 0 aliphatic carbocycles. The van der Waals surface area contributed by atoms with Gasteiger partial charge in [0.1, 0.15) is 5.75 Å². The zero-order chi connectivity index (χ0) is 12.3. The van der Waals surface area contributed by atoms with Crippen LogP contribution < -0.4 is 10.1 Å². The van der Waals surface area contributed by atoms with E-state index in [2.05, 4.69) is 10.3 Å². The average molecular weight is 259 g/mol. The van der Waals surface area contributed by atoms with Crippen LogP contribution in [-0.2, 0) is 11.2 Å². The lowest BCUT2D eigenvalue weighted by molar-refractivity contribution is -0.118. The van der Waals surface area contributed by atoms with Crippen molar-refractivity contribution in [3.05, 3.63) is 30.0 Å². The second kappa shape index (κ2) is 6.65. The van der Waals surface area contributed by atoms with Gasteiger partial charge >= 0.3 is 23.1 Å². The first-order valence-corrected chi connectivity index (χ1v) is 5.59. The molecule has 5 heteroatoms. The van der Waals surface area contributed by atoms with Crippen molar-refractivity contribution in [2.24, 2.45) is 0 Å². The minimum atomic E-state index is 0. The van der Waals surface area contributed by atoms with Gasteiger partial charge in [0.15, 0.2) is 0 Å². The third-order valence-corrected chi connectivity index (χ3v) is 2.74. The van der Waals surface area contributed by atoms with E-state index in [4.69, 9.17) is 4.74 Å². The van der Waals surface area contributed by atoms with Crippen LogP contribution in [0.4, 0.5) is 0 Å². The first-order chi connectivity index (χ1) is 8.20. The number of aromatic nitrogens is 1. The van der Waals surface area contributed by atoms with Crippen molar-refractivity contribution in [3.63, 3.8) is 0 Å². The van der Waals surface area contributed by atoms with Gasteiger partial charge in [-0.05, 0) is 30.2 Å². The minimum Gasteiger partial charge on any atom is -0.497 e. The molecule has 1 amide bonds. The van der Waals surface area contributed by atoms with Crippen LogP contribution in [0, 0.1) is 0 Å². The highest BCUT2D eigenvalue weighted by Gasteiger charge is 2.05. The molecule has 2 aromatic rings. The number of benzene rings is 1. The van der Waals surface area contributed by atoms with E-state index >= 15 is 0 Å². The predicted octanol–water partition coefficient (Wildman–Crippen LogP) is 0.939. The Balaban J connectivity index is 0.00000162. The van der Waals surface area contributed by atoms with Gasteiger partial charge in [-0.25, -0.2) is 0 Å². The van der Waals surface area contributed by atoms with Crippen LogP contribution in [0.5, 0.6) is 5.75 Å². The number of hydrogen-bond donors (Lipinski definition) is 2. The average Bonchev–Trinajstić information content (AvgIpc) is 2.71. The summed E-state index contributed by atoms with van der Waals surface area (Å²) in [4.78, 5) is 14.0. The van der Waals surface area contributed by atoms with Gasteiger partial charge in [0.2, 0.25) is 5.91 Å². The topological polar surface area (TPSA) is 54.1 Å². The highest BCUT2D eigenvalue weighted by Crippen LogP contribution is 2.23. The van der Waals surface area contributed by atoms with Gasteiger partial charge in [-0.15, -0.1) is 0 Å². The number of nitrogens with one attached hydrogen (secondary N) is 2. The van der Waals surface area contributed by atoms with Gasteiger partial charge in [0, 0.05) is 30.6 Å². The Labute approximate surface area is 122 Å². The van der Waals surface area contributed by atoms with E-state index in [1.807, 2.05) is 24.4 Å². The molecule has 0 saturated carbocycles. The quantitative estimate of drug-likeness (QED) is 0.802. The van der Waals surface area contributed by atoms with Crippen LogP contribution in [0.1, 0.15) is 12.5 Å². The zero-order valence-corrected chi connectivity index (χ0v) is 10.0. The molecule has 1 aromatic heterocycles. The minimum absolute atomic E-state index is 0. The molecule has 0 radical (unpaired) electrons. The Morgan fingerprint density at radius 2 is 2.22 bits per heavy atom. The van der Waals surface area contributed by atoms with Gasteiger partial charge in [-0.1, -0.05) is 0 Å². The van der Waals surface area contributed by atoms with Crippen LogP contribution in [-0.4, -0.2) is 47.6 Å². The molecular formula is C13H18MgN2O2. The fraction of sp³-hybridized carbons (Fsp3) is 0.308. The number of aromatic amines is 1. The molecular weight excluding hydrogens is 240 g/mol. The van der Waals surface area contributed by atoms with Crippen LogP contribution in [0.3, 0.4) is 0 Å². The summed E-state index contributed by atoms with van der Waals surface area (Å²) in [5, 5.41) is 3.94. The van der Waals surface area contributed by atoms with E-state index in [1.165, 1.54) is 12.5 Å². The van der Waals surface area contributed by atoms with Gasteiger partial charge in [0.05, 0.1) is 7.11 Å². The lowest BCUT2D eigenvalue weighted by atomic mass is 10.1. The SMILES string of the molecule is COc1ccc2[nH]cc(CCNC(C)=O)c2c1.[MgH2]. The molecule has 0 aliphatic rings. The summed E-state index contributed by atoms with van der Waals surface area (Å²) in [6, 6.07) is 5.93. The maximum absolute atomic E-state index is 10.8. The number of H-pyrrole nitrogens is 1. The number of rotatable bonds is 4. The fourth-order valence-electron chi connectivity index (χ4n) is 1.86. The summed E-state index contributed by atoms with van der Waals surface area (Å²) >= 11 is 0. The zero-order valence-electron chi connectivity index (χ0n) is 10.0. The van der Waals surface area contributed by atoms with Gasteiger partial charge < -0.3 is 15.0 Å². The number of carbonyl (C=O) groups excluding carboxylic acids is 1. The summed E-state index contributed by atoms with van der Waals surface area (Å²) in [5.41, 5.74) is 2.27. The van der Waals surface area contributed by atoms with Crippen LogP contribution in [0.2, 0.25) is 0 Å². The summed E-state index contributed by atoms with van der Waals surface area (Å²) in [6.07, 6.45) is 2.79. The summed E-state index contributed by atoms with van der Waals surface area (Å²) in [7, 11) is 1.66. The molecule has 0 unspecified atom stereocenters. The smallest absolute Gasteiger partial charge is 0.316 e. The Morgan fingerprint density at radius 1 is 1.44 bits per heavy atom. The second-order valence-corrected chi connectivity index (χ2v) is 3.96. The van der Waals surface area contributed by atoms with Crippen LogP contribution in [0.25, 0.3) is 10.9 Å². The van der Waals surface area contributed by atoms with Gasteiger partial charge in [-0.3, -0.25) is 4.79 Å². The molecule has 4 nitrogen and oxygen atoms in total. The molecule has 1 aromatic carbocycles. The second-order valence-electron chi connectivity index (χ2n) is 3.96. The van der Waals surface area contributed by atoms with Crippen molar-refractivity contribution in [2.45, 2.75) is 13.3 Å². The lowest BCUT2D eigenvalue weighted by Crippen LogP contribution is -2.22. The molecule has 0 bridgehead atoms. The number of ether oxygens (including phenoxy) is 1. The number of hydrogen-bond acceptors (Lipinski definition) is 2. The number of methoxy groups -OCH3 is 1. The van der Waals surface area contributed by atoms with Crippen molar-refractivity contribution < 1.29 is 9.53 Å². The third-order valence-electron chi connectivity index (χ3n) is 2.74. The first-order valence-electron chi connectivity index (χ1n) is 5.59. The summed E-state index contributed by atoms with van der Waals surface area (Å²) in [5.74, 6) is 0.847. The highest BCUT2D eigenvalue weighted by atomic mass is 24.3. The Kier molecular flexibility index (Phi) is 5.49. The maximum Gasteiger partial charge on any atom is 0.316 e. The van der Waals surface area contributed by atoms with Crippen molar-refractivity contribution in [1.82, 2.24) is 10.3 Å². The highest BCUT2D eigenvalue weighted by molar-refractivity contribution is 5.84. The van der Waals surface area contributed by atoms with Crippen molar-refractivity contribution in [3.8, 4) is 5.75 Å². The summed E-state index contributed by atoms with van der Waals surface area (Å²) < 4.78 is 5.21. The molecule has 0 aliphatic heterocycles. The first kappa shape index (κ1) is 14.9. The van der Waals surface area contributed by atoms with E-state index in [1.54, 1.807) is 7.11 Å². The molecule has 0 saturated heterocycles. The Morgan fingerprint density at radius 3 is 2.89 bits per heavy atom. The molecule has 2 N–H and O–H groups in total. The number of amides is 1. The standard InChI is InChI=1S/C13H16N2O2.Mg.2H/c1-9(16)14-6-5-10-8-15-13-4-3-11(17-2)7-12(10)13;;;/h3-4,7-8,15H,5-6H2,1-2H3,(H,14,16);;;. The molecule has 1 heterocycles. The molecule has 0 atom stereocenters. The van der Waals surface area contributed by atoms with E-state index in [-0.39, 0.29) is 29.0 Å². The molecule has 0 fully saturated rings. The van der Waals surface area contributed by atoms with Crippen molar-refractivity contribution >= 4 is 39.9 Å². The third kappa shape index (κ3) is 3.40. The maximum atomic E-state index is 10.8. The van der Waals surface area contributed by atoms with Crippen molar-refractivity contribution in [1.29, 1.82) is 0 Å². The predicted molar refractivity (Wildman–Crippen MR) is 75.8 cm³/mol.